The first-order valence-electron chi connectivity index (χ1n) is 4.78. The number of furan rings is 1. The fraction of sp³-hybridized carbons (Fsp3) is 0.600. The fourth-order valence-corrected chi connectivity index (χ4v) is 3.06. The standard InChI is InChI=1S/C10H15NOS/c11-10(8-4-3-6-12-8)9-5-1-2-7-13-9/h3-4,6,9-10H,1-2,5,7,11H2. The van der Waals surface area contributed by atoms with E-state index in [0.29, 0.717) is 5.25 Å². The van der Waals surface area contributed by atoms with Gasteiger partial charge in [0.25, 0.3) is 0 Å². The molecule has 1 aromatic heterocycles. The van der Waals surface area contributed by atoms with Crippen molar-refractivity contribution in [1.82, 2.24) is 0 Å². The number of hydrogen-bond donors (Lipinski definition) is 1. The van der Waals surface area contributed by atoms with Gasteiger partial charge in [-0.05, 0) is 30.7 Å². The summed E-state index contributed by atoms with van der Waals surface area (Å²) in [6.07, 6.45) is 5.58. The van der Waals surface area contributed by atoms with Gasteiger partial charge < -0.3 is 10.2 Å². The Labute approximate surface area is 82.9 Å². The van der Waals surface area contributed by atoms with Gasteiger partial charge in [-0.3, -0.25) is 0 Å². The Balaban J connectivity index is 1.99. The average Bonchev–Trinajstić information content (AvgIpc) is 2.71. The van der Waals surface area contributed by atoms with Gasteiger partial charge in [0.2, 0.25) is 0 Å². The molecular weight excluding hydrogens is 182 g/mol. The predicted molar refractivity (Wildman–Crippen MR) is 55.7 cm³/mol. The maximum Gasteiger partial charge on any atom is 0.121 e. The second-order valence-corrected chi connectivity index (χ2v) is 4.79. The molecule has 2 heterocycles. The van der Waals surface area contributed by atoms with Gasteiger partial charge in [0.15, 0.2) is 0 Å². The molecule has 2 nitrogen and oxygen atoms in total. The first kappa shape index (κ1) is 9.16. The number of thioether (sulfide) groups is 1. The molecule has 2 atom stereocenters. The molecule has 0 amide bonds. The molecule has 13 heavy (non-hydrogen) atoms. The molecule has 72 valence electrons. The van der Waals surface area contributed by atoms with Crippen LogP contribution in [0.2, 0.25) is 0 Å². The summed E-state index contributed by atoms with van der Waals surface area (Å²) in [6, 6.07) is 3.96. The molecular formula is C10H15NOS. The zero-order valence-corrected chi connectivity index (χ0v) is 8.43. The third kappa shape index (κ3) is 2.09. The fourth-order valence-electron chi connectivity index (χ4n) is 1.71. The zero-order chi connectivity index (χ0) is 9.10. The molecule has 3 heteroatoms. The molecule has 1 aliphatic heterocycles. The Bertz CT molecular complexity index is 241. The summed E-state index contributed by atoms with van der Waals surface area (Å²) in [5.74, 6) is 2.18. The highest BCUT2D eigenvalue weighted by Gasteiger charge is 2.23. The van der Waals surface area contributed by atoms with Crippen LogP contribution in [0.3, 0.4) is 0 Å². The van der Waals surface area contributed by atoms with Crippen molar-refractivity contribution in [2.45, 2.75) is 30.6 Å². The quantitative estimate of drug-likeness (QED) is 0.792. The minimum atomic E-state index is 0.0836. The lowest BCUT2D eigenvalue weighted by Gasteiger charge is -2.25. The number of nitrogens with two attached hydrogens (primary N) is 1. The highest BCUT2D eigenvalue weighted by Crippen LogP contribution is 2.33. The first-order chi connectivity index (χ1) is 6.38. The van der Waals surface area contributed by atoms with Crippen LogP contribution < -0.4 is 5.73 Å². The lowest BCUT2D eigenvalue weighted by atomic mass is 10.1. The highest BCUT2D eigenvalue weighted by atomic mass is 32.2. The smallest absolute Gasteiger partial charge is 0.121 e. The topological polar surface area (TPSA) is 39.2 Å². The van der Waals surface area contributed by atoms with E-state index in [1.54, 1.807) is 6.26 Å². The molecule has 1 aliphatic rings. The van der Waals surface area contributed by atoms with Gasteiger partial charge in [-0.25, -0.2) is 0 Å². The summed E-state index contributed by atoms with van der Waals surface area (Å²) >= 11 is 1.98. The van der Waals surface area contributed by atoms with Crippen LogP contribution in [0.15, 0.2) is 22.8 Å². The molecule has 0 radical (unpaired) electrons. The van der Waals surface area contributed by atoms with Crippen LogP contribution in [0.1, 0.15) is 31.1 Å². The van der Waals surface area contributed by atoms with Gasteiger partial charge in [0, 0.05) is 5.25 Å². The van der Waals surface area contributed by atoms with Crippen molar-refractivity contribution in [3.63, 3.8) is 0 Å². The zero-order valence-electron chi connectivity index (χ0n) is 7.61. The summed E-state index contributed by atoms with van der Waals surface area (Å²) in [6.45, 7) is 0. The SMILES string of the molecule is NC(c1ccco1)C1CCCCS1. The van der Waals surface area contributed by atoms with Crippen LogP contribution >= 0.6 is 11.8 Å². The van der Waals surface area contributed by atoms with Crippen LogP contribution in [-0.4, -0.2) is 11.0 Å². The van der Waals surface area contributed by atoms with Crippen molar-refractivity contribution in [2.75, 3.05) is 5.75 Å². The summed E-state index contributed by atoms with van der Waals surface area (Å²) in [4.78, 5) is 0. The van der Waals surface area contributed by atoms with Crippen LogP contribution in [-0.2, 0) is 0 Å². The van der Waals surface area contributed by atoms with E-state index in [0.717, 1.165) is 5.76 Å². The van der Waals surface area contributed by atoms with Gasteiger partial charge >= 0.3 is 0 Å². The van der Waals surface area contributed by atoms with Gasteiger partial charge in [-0.15, -0.1) is 0 Å². The van der Waals surface area contributed by atoms with Gasteiger partial charge in [-0.2, -0.15) is 11.8 Å². The Morgan fingerprint density at radius 2 is 2.46 bits per heavy atom. The van der Waals surface area contributed by atoms with Crippen LogP contribution in [0.5, 0.6) is 0 Å². The minimum Gasteiger partial charge on any atom is -0.468 e. The summed E-state index contributed by atoms with van der Waals surface area (Å²) in [7, 11) is 0. The molecule has 0 bridgehead atoms. The molecule has 0 aromatic carbocycles. The van der Waals surface area contributed by atoms with Crippen molar-refractivity contribution < 1.29 is 4.42 Å². The third-order valence-corrected chi connectivity index (χ3v) is 3.97. The van der Waals surface area contributed by atoms with Crippen LogP contribution in [0.25, 0.3) is 0 Å². The monoisotopic (exact) mass is 197 g/mol. The molecule has 1 saturated heterocycles. The maximum atomic E-state index is 6.10. The van der Waals surface area contributed by atoms with E-state index >= 15 is 0 Å². The predicted octanol–water partition coefficient (Wildman–Crippen LogP) is 2.57. The summed E-state index contributed by atoms with van der Waals surface area (Å²) in [5.41, 5.74) is 6.10. The summed E-state index contributed by atoms with van der Waals surface area (Å²) < 4.78 is 5.31. The van der Waals surface area contributed by atoms with Gasteiger partial charge in [-0.1, -0.05) is 6.42 Å². The molecule has 0 aliphatic carbocycles. The van der Waals surface area contributed by atoms with E-state index in [9.17, 15) is 0 Å². The Hall–Kier alpha value is -0.410. The largest absolute Gasteiger partial charge is 0.468 e. The normalized spacial score (nSPS) is 25.8. The Morgan fingerprint density at radius 1 is 1.54 bits per heavy atom. The van der Waals surface area contributed by atoms with E-state index < -0.39 is 0 Å². The third-order valence-electron chi connectivity index (χ3n) is 2.49. The average molecular weight is 197 g/mol. The van der Waals surface area contributed by atoms with Crippen molar-refractivity contribution in [2.24, 2.45) is 5.73 Å². The molecule has 2 unspecified atom stereocenters. The van der Waals surface area contributed by atoms with E-state index in [1.807, 2.05) is 23.9 Å². The molecule has 1 aromatic rings. The number of rotatable bonds is 2. The highest BCUT2D eigenvalue weighted by molar-refractivity contribution is 8.00. The van der Waals surface area contributed by atoms with Gasteiger partial charge in [0.1, 0.15) is 5.76 Å². The van der Waals surface area contributed by atoms with E-state index in [2.05, 4.69) is 0 Å². The summed E-state index contributed by atoms with van der Waals surface area (Å²) in [5, 5.41) is 0.555. The van der Waals surface area contributed by atoms with E-state index in [-0.39, 0.29) is 6.04 Å². The molecule has 2 rings (SSSR count). The lowest BCUT2D eigenvalue weighted by Crippen LogP contribution is -2.25. The van der Waals surface area contributed by atoms with Crippen molar-refractivity contribution in [3.8, 4) is 0 Å². The van der Waals surface area contributed by atoms with Crippen LogP contribution in [0.4, 0.5) is 0 Å². The van der Waals surface area contributed by atoms with Crippen LogP contribution in [0, 0.1) is 0 Å². The van der Waals surface area contributed by atoms with Crippen molar-refractivity contribution >= 4 is 11.8 Å². The van der Waals surface area contributed by atoms with E-state index in [4.69, 9.17) is 10.2 Å². The second-order valence-electron chi connectivity index (χ2n) is 3.45. The second kappa shape index (κ2) is 4.20. The van der Waals surface area contributed by atoms with Gasteiger partial charge in [0.05, 0.1) is 12.3 Å². The maximum absolute atomic E-state index is 6.10. The molecule has 1 fully saturated rings. The van der Waals surface area contributed by atoms with Crippen molar-refractivity contribution in [1.29, 1.82) is 0 Å². The molecule has 2 N–H and O–H groups in total. The molecule has 0 spiro atoms. The molecule has 0 saturated carbocycles. The lowest BCUT2D eigenvalue weighted by molar-refractivity contribution is 0.445. The number of hydrogen-bond acceptors (Lipinski definition) is 3. The van der Waals surface area contributed by atoms with Crippen molar-refractivity contribution in [3.05, 3.63) is 24.2 Å². The Morgan fingerprint density at radius 3 is 3.08 bits per heavy atom. The Kier molecular flexibility index (Phi) is 2.96. The minimum absolute atomic E-state index is 0.0836. The first-order valence-corrected chi connectivity index (χ1v) is 5.83. The van der Waals surface area contributed by atoms with E-state index in [1.165, 1.54) is 25.0 Å².